The fourth-order valence-corrected chi connectivity index (χ4v) is 3.61. The number of carbonyl (C=O) groups is 2. The molecule has 0 spiro atoms. The van der Waals surface area contributed by atoms with Crippen LogP contribution in [-0.4, -0.2) is 39.2 Å². The minimum atomic E-state index is -3.75. The van der Waals surface area contributed by atoms with E-state index in [1.54, 1.807) is 26.2 Å². The third kappa shape index (κ3) is 4.54. The Morgan fingerprint density at radius 1 is 1.13 bits per heavy atom. The normalized spacial score (nSPS) is 20.0. The summed E-state index contributed by atoms with van der Waals surface area (Å²) in [5.74, 6) is -1.92. The van der Waals surface area contributed by atoms with Gasteiger partial charge in [0.2, 0.25) is 21.8 Å². The van der Waals surface area contributed by atoms with Gasteiger partial charge in [-0.05, 0) is 24.0 Å². The third-order valence-electron chi connectivity index (χ3n) is 3.93. The lowest BCUT2D eigenvalue weighted by atomic mass is 10.1. The van der Waals surface area contributed by atoms with Gasteiger partial charge in [-0.15, -0.1) is 0 Å². The van der Waals surface area contributed by atoms with Crippen LogP contribution in [0.3, 0.4) is 0 Å². The highest BCUT2D eigenvalue weighted by Crippen LogP contribution is 2.39. The molecule has 7 heteroatoms. The second-order valence-corrected chi connectivity index (χ2v) is 7.80. The molecule has 0 bridgehead atoms. The molecule has 0 unspecified atom stereocenters. The summed E-state index contributed by atoms with van der Waals surface area (Å²) in [7, 11) is -0.518. The predicted molar refractivity (Wildman–Crippen MR) is 86.9 cm³/mol. The molecule has 0 aromatic heterocycles. The van der Waals surface area contributed by atoms with Crippen LogP contribution in [0.1, 0.15) is 24.5 Å². The number of hydrogen-bond donors (Lipinski definition) is 1. The van der Waals surface area contributed by atoms with Crippen LogP contribution in [0.4, 0.5) is 0 Å². The Morgan fingerprint density at radius 3 is 2.22 bits per heavy atom. The van der Waals surface area contributed by atoms with Crippen molar-refractivity contribution in [2.24, 2.45) is 11.8 Å². The van der Waals surface area contributed by atoms with E-state index < -0.39 is 27.8 Å². The molecule has 1 N–H and O–H groups in total. The van der Waals surface area contributed by atoms with Gasteiger partial charge in [0.05, 0.1) is 17.6 Å². The minimum absolute atomic E-state index is 0.141. The molecule has 1 aromatic rings. The molecular formula is C16H22N2O4S. The average Bonchev–Trinajstić information content (AvgIpc) is 3.26. The second-order valence-electron chi connectivity index (χ2n) is 6.08. The fourth-order valence-electron chi connectivity index (χ4n) is 2.44. The zero-order valence-corrected chi connectivity index (χ0v) is 14.4. The first-order valence-corrected chi connectivity index (χ1v) is 9.22. The molecule has 1 fully saturated rings. The summed E-state index contributed by atoms with van der Waals surface area (Å²) in [6.45, 7) is 2.02. The van der Waals surface area contributed by atoms with Crippen LogP contribution < -0.4 is 4.72 Å². The molecule has 1 saturated carbocycles. The van der Waals surface area contributed by atoms with Gasteiger partial charge >= 0.3 is 0 Å². The predicted octanol–water partition coefficient (Wildman–Crippen LogP) is 0.919. The van der Waals surface area contributed by atoms with E-state index in [4.69, 9.17) is 0 Å². The monoisotopic (exact) mass is 338 g/mol. The Hall–Kier alpha value is -1.89. The first-order chi connectivity index (χ1) is 10.7. The second kappa shape index (κ2) is 6.70. The van der Waals surface area contributed by atoms with Crippen molar-refractivity contribution in [1.29, 1.82) is 0 Å². The number of rotatable bonds is 6. The van der Waals surface area contributed by atoms with E-state index in [1.807, 2.05) is 19.1 Å². The van der Waals surface area contributed by atoms with E-state index in [1.165, 1.54) is 4.90 Å². The van der Waals surface area contributed by atoms with Crippen molar-refractivity contribution in [3.63, 3.8) is 0 Å². The molecule has 1 aliphatic carbocycles. The number of nitrogens with one attached hydrogen (secondary N) is 1. The third-order valence-corrected chi connectivity index (χ3v) is 5.15. The van der Waals surface area contributed by atoms with Gasteiger partial charge in [0, 0.05) is 14.1 Å². The van der Waals surface area contributed by atoms with Crippen LogP contribution in [0.15, 0.2) is 24.3 Å². The summed E-state index contributed by atoms with van der Waals surface area (Å²) >= 11 is 0. The Balaban J connectivity index is 1.93. The summed E-state index contributed by atoms with van der Waals surface area (Å²) in [5, 5.41) is 0. The number of nitrogens with zero attached hydrogens (tertiary/aromatic N) is 1. The number of aryl methyl sites for hydroxylation is 1. The topological polar surface area (TPSA) is 83.5 Å². The molecule has 0 radical (unpaired) electrons. The van der Waals surface area contributed by atoms with Crippen LogP contribution in [0.5, 0.6) is 0 Å². The molecule has 1 aliphatic rings. The summed E-state index contributed by atoms with van der Waals surface area (Å²) in [6.07, 6.45) is 1.29. The van der Waals surface area contributed by atoms with Gasteiger partial charge < -0.3 is 4.90 Å². The maximum atomic E-state index is 12.1. The van der Waals surface area contributed by atoms with Crippen LogP contribution in [0.25, 0.3) is 0 Å². The minimum Gasteiger partial charge on any atom is -0.349 e. The molecule has 0 saturated heterocycles. The molecule has 126 valence electrons. The molecular weight excluding hydrogens is 316 g/mol. The van der Waals surface area contributed by atoms with Crippen LogP contribution in [0, 0.1) is 11.8 Å². The Morgan fingerprint density at radius 2 is 1.70 bits per heavy atom. The zero-order chi connectivity index (χ0) is 17.2. The maximum Gasteiger partial charge on any atom is 0.239 e. The summed E-state index contributed by atoms with van der Waals surface area (Å²) in [5.41, 5.74) is 1.75. The van der Waals surface area contributed by atoms with Gasteiger partial charge in [-0.2, -0.15) is 0 Å². The first kappa shape index (κ1) is 17.5. The van der Waals surface area contributed by atoms with Crippen molar-refractivity contribution in [1.82, 2.24) is 9.62 Å². The van der Waals surface area contributed by atoms with Crippen molar-refractivity contribution in [3.05, 3.63) is 35.4 Å². The lowest BCUT2D eigenvalue weighted by molar-refractivity contribution is -0.132. The molecule has 1 aromatic carbocycles. The lowest BCUT2D eigenvalue weighted by Gasteiger charge is -2.10. The van der Waals surface area contributed by atoms with Gasteiger partial charge in [0.1, 0.15) is 0 Å². The van der Waals surface area contributed by atoms with Gasteiger partial charge in [0.25, 0.3) is 0 Å². The van der Waals surface area contributed by atoms with Crippen LogP contribution in [0.2, 0.25) is 0 Å². The smallest absolute Gasteiger partial charge is 0.239 e. The maximum absolute atomic E-state index is 12.1. The highest BCUT2D eigenvalue weighted by atomic mass is 32.2. The number of sulfonamides is 1. The molecule has 0 heterocycles. The SMILES string of the molecule is CCc1ccc(CS(=O)(=O)NC(=O)[C@H]2C[C@H]2C(=O)N(C)C)cc1. The van der Waals surface area contributed by atoms with E-state index in [0.717, 1.165) is 12.0 Å². The van der Waals surface area contributed by atoms with Gasteiger partial charge in [0.15, 0.2) is 0 Å². The fraction of sp³-hybridized carbons (Fsp3) is 0.500. The van der Waals surface area contributed by atoms with Crippen molar-refractivity contribution < 1.29 is 18.0 Å². The lowest BCUT2D eigenvalue weighted by Crippen LogP contribution is -2.34. The number of amides is 2. The molecule has 0 aliphatic heterocycles. The Bertz CT molecular complexity index is 695. The number of hydrogen-bond acceptors (Lipinski definition) is 4. The van der Waals surface area contributed by atoms with Crippen molar-refractivity contribution in [3.8, 4) is 0 Å². The van der Waals surface area contributed by atoms with Crippen LogP contribution in [-0.2, 0) is 31.8 Å². The molecule has 2 rings (SSSR count). The highest BCUT2D eigenvalue weighted by molar-refractivity contribution is 7.89. The molecule has 23 heavy (non-hydrogen) atoms. The van der Waals surface area contributed by atoms with Crippen molar-refractivity contribution in [2.45, 2.75) is 25.5 Å². The largest absolute Gasteiger partial charge is 0.349 e. The molecule has 6 nitrogen and oxygen atoms in total. The summed E-state index contributed by atoms with van der Waals surface area (Å²) in [4.78, 5) is 25.1. The summed E-state index contributed by atoms with van der Waals surface area (Å²) in [6, 6.07) is 7.24. The van der Waals surface area contributed by atoms with Gasteiger partial charge in [-0.25, -0.2) is 8.42 Å². The van der Waals surface area contributed by atoms with E-state index in [-0.39, 0.29) is 11.7 Å². The molecule has 2 atom stereocenters. The van der Waals surface area contributed by atoms with E-state index >= 15 is 0 Å². The van der Waals surface area contributed by atoms with Crippen molar-refractivity contribution in [2.75, 3.05) is 14.1 Å². The van der Waals surface area contributed by atoms with Crippen molar-refractivity contribution >= 4 is 21.8 Å². The first-order valence-electron chi connectivity index (χ1n) is 7.57. The van der Waals surface area contributed by atoms with Crippen LogP contribution >= 0.6 is 0 Å². The number of carbonyl (C=O) groups excluding carboxylic acids is 2. The molecule has 2 amide bonds. The van der Waals surface area contributed by atoms with E-state index in [2.05, 4.69) is 4.72 Å². The quantitative estimate of drug-likeness (QED) is 0.836. The highest BCUT2D eigenvalue weighted by Gasteiger charge is 2.49. The Kier molecular flexibility index (Phi) is 5.09. The standard InChI is InChI=1S/C16H22N2O4S/c1-4-11-5-7-12(8-6-11)10-23(21,22)17-15(19)13-9-14(13)16(20)18(2)3/h5-8,13-14H,4,9-10H2,1-3H3,(H,17,19)/t13-,14+/m0/s1. The van der Waals surface area contributed by atoms with Gasteiger partial charge in [-0.3, -0.25) is 14.3 Å². The van der Waals surface area contributed by atoms with Gasteiger partial charge in [-0.1, -0.05) is 31.2 Å². The van der Waals surface area contributed by atoms with E-state index in [9.17, 15) is 18.0 Å². The Labute approximate surface area is 136 Å². The zero-order valence-electron chi connectivity index (χ0n) is 13.6. The number of benzene rings is 1. The summed E-state index contributed by atoms with van der Waals surface area (Å²) < 4.78 is 26.2. The average molecular weight is 338 g/mol. The van der Waals surface area contributed by atoms with E-state index in [0.29, 0.717) is 12.0 Å².